The molecule has 10 nitrogen and oxygen atoms in total. The molecule has 0 saturated carbocycles. The lowest BCUT2D eigenvalue weighted by molar-refractivity contribution is -0.0456. The molecule has 2 fully saturated rings. The summed E-state index contributed by atoms with van der Waals surface area (Å²) in [5.74, 6) is 0.556. The van der Waals surface area contributed by atoms with Gasteiger partial charge in [-0.15, -0.1) is 0 Å². The van der Waals surface area contributed by atoms with Gasteiger partial charge in [0.2, 0.25) is 10.0 Å². The van der Waals surface area contributed by atoms with Gasteiger partial charge in [-0.1, -0.05) is 0 Å². The highest BCUT2D eigenvalue weighted by molar-refractivity contribution is 7.89. The number of nitrogens with zero attached hydrogens (tertiary/aromatic N) is 3. The molecule has 2 heterocycles. The second kappa shape index (κ2) is 10.1. The number of benzene rings is 1. The lowest BCUT2D eigenvalue weighted by Crippen LogP contribution is -2.57. The minimum atomic E-state index is -3.72. The van der Waals surface area contributed by atoms with E-state index in [-0.39, 0.29) is 43.3 Å². The summed E-state index contributed by atoms with van der Waals surface area (Å²) in [4.78, 5) is 0.152. The topological polar surface area (TPSA) is 106 Å². The highest BCUT2D eigenvalue weighted by atomic mass is 32.2. The summed E-state index contributed by atoms with van der Waals surface area (Å²) in [5.41, 5.74) is 0. The summed E-state index contributed by atoms with van der Waals surface area (Å²) in [6.45, 7) is 5.52. The van der Waals surface area contributed by atoms with E-state index in [0.29, 0.717) is 32.1 Å². The first-order chi connectivity index (χ1) is 14.6. The Hall–Kier alpha value is -1.28. The molecule has 0 spiro atoms. The number of hydrogen-bond acceptors (Lipinski definition) is 7. The van der Waals surface area contributed by atoms with Gasteiger partial charge in [0, 0.05) is 46.4 Å². The van der Waals surface area contributed by atoms with E-state index in [1.54, 1.807) is 19.2 Å². The molecule has 2 unspecified atom stereocenters. The summed E-state index contributed by atoms with van der Waals surface area (Å²) in [5, 5.41) is 0. The van der Waals surface area contributed by atoms with Gasteiger partial charge in [-0.25, -0.2) is 8.42 Å². The molecule has 0 amide bonds. The molecule has 31 heavy (non-hydrogen) atoms. The molecular formula is C19H31N3O7S2. The minimum absolute atomic E-state index is 0.100. The molecule has 0 N–H and O–H groups in total. The molecule has 2 saturated heterocycles. The van der Waals surface area contributed by atoms with Crippen LogP contribution in [0.1, 0.15) is 13.8 Å². The van der Waals surface area contributed by atoms with Crippen LogP contribution >= 0.6 is 0 Å². The maximum atomic E-state index is 13.0. The molecule has 12 heteroatoms. The third-order valence-electron chi connectivity index (χ3n) is 5.25. The zero-order valence-corrected chi connectivity index (χ0v) is 19.8. The van der Waals surface area contributed by atoms with Crippen LogP contribution < -0.4 is 4.74 Å². The van der Waals surface area contributed by atoms with Crippen molar-refractivity contribution in [1.82, 2.24) is 12.9 Å². The smallest absolute Gasteiger partial charge is 0.282 e. The number of methoxy groups -OCH3 is 1. The van der Waals surface area contributed by atoms with Gasteiger partial charge in [-0.05, 0) is 38.1 Å². The Morgan fingerprint density at radius 2 is 1.42 bits per heavy atom. The number of piperazine rings is 1. The van der Waals surface area contributed by atoms with E-state index in [9.17, 15) is 16.8 Å². The molecule has 0 aromatic heterocycles. The fourth-order valence-electron chi connectivity index (χ4n) is 3.72. The first-order valence-corrected chi connectivity index (χ1v) is 13.1. The van der Waals surface area contributed by atoms with Crippen molar-refractivity contribution < 1.29 is 31.0 Å². The van der Waals surface area contributed by atoms with E-state index in [0.717, 1.165) is 0 Å². The van der Waals surface area contributed by atoms with E-state index < -0.39 is 20.2 Å². The zero-order chi connectivity index (χ0) is 22.6. The van der Waals surface area contributed by atoms with Crippen molar-refractivity contribution in [3.05, 3.63) is 24.3 Å². The Morgan fingerprint density at radius 1 is 0.871 bits per heavy atom. The molecule has 1 aromatic rings. The zero-order valence-electron chi connectivity index (χ0n) is 18.1. The Labute approximate surface area is 184 Å². The van der Waals surface area contributed by atoms with Crippen LogP contribution in [-0.2, 0) is 29.7 Å². The van der Waals surface area contributed by atoms with Gasteiger partial charge >= 0.3 is 0 Å². The number of ether oxygens (including phenoxy) is 3. The SMILES string of the molecule is COCCOc1ccc(S(=O)(=O)N2CCN(S(=O)(=O)N3CC(C)OC(C)C3)CC2)cc1. The fraction of sp³-hybridized carbons (Fsp3) is 0.684. The Balaban J connectivity index is 1.61. The van der Waals surface area contributed by atoms with E-state index in [2.05, 4.69) is 0 Å². The van der Waals surface area contributed by atoms with Crippen molar-refractivity contribution >= 4 is 20.2 Å². The maximum absolute atomic E-state index is 13.0. The molecule has 2 aliphatic heterocycles. The molecule has 0 radical (unpaired) electrons. The van der Waals surface area contributed by atoms with E-state index >= 15 is 0 Å². The van der Waals surface area contributed by atoms with E-state index in [1.165, 1.54) is 25.0 Å². The third kappa shape index (κ3) is 5.75. The lowest BCUT2D eigenvalue weighted by Gasteiger charge is -2.39. The summed E-state index contributed by atoms with van der Waals surface area (Å²) < 4.78 is 72.1. The quantitative estimate of drug-likeness (QED) is 0.498. The summed E-state index contributed by atoms with van der Waals surface area (Å²) in [6, 6.07) is 6.20. The molecule has 2 aliphatic rings. The van der Waals surface area contributed by atoms with Crippen LogP contribution in [-0.4, -0.2) is 102 Å². The van der Waals surface area contributed by atoms with Crippen molar-refractivity contribution in [2.24, 2.45) is 0 Å². The Bertz CT molecular complexity index is 920. The average molecular weight is 478 g/mol. The van der Waals surface area contributed by atoms with Crippen LogP contribution in [0.4, 0.5) is 0 Å². The first kappa shape index (κ1) is 24.4. The average Bonchev–Trinajstić information content (AvgIpc) is 2.74. The standard InChI is InChI=1S/C19H31N3O7S2/c1-16-14-22(15-17(2)29-16)31(25,26)21-10-8-20(9-11-21)30(23,24)19-6-4-18(5-7-19)28-13-12-27-3/h4-7,16-17H,8-15H2,1-3H3. The highest BCUT2D eigenvalue weighted by Gasteiger charge is 2.38. The monoisotopic (exact) mass is 477 g/mol. The second-order valence-corrected chi connectivity index (χ2v) is 11.6. The van der Waals surface area contributed by atoms with Gasteiger partial charge in [-0.2, -0.15) is 21.3 Å². The molecule has 176 valence electrons. The largest absolute Gasteiger partial charge is 0.491 e. The summed E-state index contributed by atoms with van der Waals surface area (Å²) >= 11 is 0. The molecular weight excluding hydrogens is 446 g/mol. The van der Waals surface area contributed by atoms with Crippen LogP contribution in [0.15, 0.2) is 29.2 Å². The van der Waals surface area contributed by atoms with Crippen molar-refractivity contribution in [2.75, 3.05) is 59.6 Å². The van der Waals surface area contributed by atoms with Gasteiger partial charge in [0.1, 0.15) is 12.4 Å². The van der Waals surface area contributed by atoms with Gasteiger partial charge in [0.15, 0.2) is 0 Å². The van der Waals surface area contributed by atoms with Crippen LogP contribution in [0.3, 0.4) is 0 Å². The summed E-state index contributed by atoms with van der Waals surface area (Å²) in [7, 11) is -5.80. The third-order valence-corrected chi connectivity index (χ3v) is 9.14. The van der Waals surface area contributed by atoms with Gasteiger partial charge < -0.3 is 14.2 Å². The Morgan fingerprint density at radius 3 is 1.97 bits per heavy atom. The van der Waals surface area contributed by atoms with Crippen molar-refractivity contribution in [3.8, 4) is 5.75 Å². The normalized spacial score (nSPS) is 24.9. The lowest BCUT2D eigenvalue weighted by atomic mass is 10.3. The number of morpholine rings is 1. The number of hydrogen-bond donors (Lipinski definition) is 0. The second-order valence-electron chi connectivity index (χ2n) is 7.70. The fourth-order valence-corrected chi connectivity index (χ4v) is 6.89. The predicted octanol–water partition coefficient (Wildman–Crippen LogP) is 0.372. The van der Waals surface area contributed by atoms with Crippen LogP contribution in [0, 0.1) is 0 Å². The molecule has 3 rings (SSSR count). The van der Waals surface area contributed by atoms with E-state index in [1.807, 2.05) is 13.8 Å². The van der Waals surface area contributed by atoms with Crippen molar-refractivity contribution in [1.29, 1.82) is 0 Å². The number of sulfonamides is 1. The molecule has 1 aromatic carbocycles. The van der Waals surface area contributed by atoms with Crippen molar-refractivity contribution in [2.45, 2.75) is 31.0 Å². The molecule has 2 atom stereocenters. The molecule has 0 bridgehead atoms. The first-order valence-electron chi connectivity index (χ1n) is 10.3. The highest BCUT2D eigenvalue weighted by Crippen LogP contribution is 2.23. The van der Waals surface area contributed by atoms with Crippen LogP contribution in [0.2, 0.25) is 0 Å². The van der Waals surface area contributed by atoms with Crippen LogP contribution in [0.25, 0.3) is 0 Å². The summed E-state index contributed by atoms with van der Waals surface area (Å²) in [6.07, 6.45) is -0.358. The predicted molar refractivity (Wildman–Crippen MR) is 115 cm³/mol. The van der Waals surface area contributed by atoms with Crippen LogP contribution in [0.5, 0.6) is 5.75 Å². The Kier molecular flexibility index (Phi) is 7.95. The van der Waals surface area contributed by atoms with Gasteiger partial charge in [0.05, 0.1) is 23.7 Å². The minimum Gasteiger partial charge on any atom is -0.491 e. The van der Waals surface area contributed by atoms with Gasteiger partial charge in [-0.3, -0.25) is 0 Å². The van der Waals surface area contributed by atoms with E-state index in [4.69, 9.17) is 14.2 Å². The number of rotatable bonds is 8. The maximum Gasteiger partial charge on any atom is 0.282 e. The molecule has 0 aliphatic carbocycles. The van der Waals surface area contributed by atoms with Crippen molar-refractivity contribution in [3.63, 3.8) is 0 Å². The van der Waals surface area contributed by atoms with Gasteiger partial charge in [0.25, 0.3) is 10.2 Å².